The third kappa shape index (κ3) is 5.09. The molecule has 7 nitrogen and oxygen atoms in total. The Hall–Kier alpha value is -4.83. The zero-order chi connectivity index (χ0) is 29.5. The fourth-order valence-electron chi connectivity index (χ4n) is 4.74. The minimum absolute atomic E-state index is 0.0314. The lowest BCUT2D eigenvalue weighted by Gasteiger charge is -2.40. The van der Waals surface area contributed by atoms with Gasteiger partial charge < -0.3 is 24.9 Å². The third-order valence-corrected chi connectivity index (χ3v) is 6.89. The van der Waals surface area contributed by atoms with Crippen molar-refractivity contribution in [3.05, 3.63) is 107 Å². The topological polar surface area (TPSA) is 111 Å². The molecular weight excluding hydrogens is 535 g/mol. The molecule has 3 aromatic carbocycles. The van der Waals surface area contributed by atoms with Crippen LogP contribution in [0, 0.1) is 22.9 Å². The second-order valence-corrected chi connectivity index (χ2v) is 10.6. The van der Waals surface area contributed by atoms with Crippen LogP contribution >= 0.6 is 0 Å². The van der Waals surface area contributed by atoms with Crippen molar-refractivity contribution < 1.29 is 32.9 Å². The number of ether oxygens (including phenoxy) is 1. The predicted molar refractivity (Wildman–Crippen MR) is 148 cm³/mol. The standard InChI is InChI=1S/C31H26F3N3O4/c1-30(2,3)31(40,18-6-4-5-17(13-18)7-10-26(38)39)25-16-36-29(37-25)21-14-19(8-9-22(21)32)41-28-23(33)15-24-20(27(28)34)11-12-35-24/h4-16,35,40H,1-3H3,(H,36,37)(H,38,39)/b10-7+. The van der Waals surface area contributed by atoms with Gasteiger partial charge in [-0.25, -0.2) is 22.9 Å². The van der Waals surface area contributed by atoms with Crippen LogP contribution in [-0.4, -0.2) is 31.1 Å². The molecule has 0 aliphatic rings. The quantitative estimate of drug-likeness (QED) is 0.158. The lowest BCUT2D eigenvalue weighted by Crippen LogP contribution is -2.41. The van der Waals surface area contributed by atoms with Crippen molar-refractivity contribution in [2.45, 2.75) is 26.4 Å². The van der Waals surface area contributed by atoms with Gasteiger partial charge in [0, 0.05) is 29.1 Å². The van der Waals surface area contributed by atoms with Crippen LogP contribution in [0.2, 0.25) is 0 Å². The summed E-state index contributed by atoms with van der Waals surface area (Å²) in [7, 11) is 0. The molecule has 2 aromatic heterocycles. The molecular formula is C31H26F3N3O4. The first kappa shape index (κ1) is 27.7. The van der Waals surface area contributed by atoms with E-state index < -0.39 is 40.2 Å². The normalized spacial score (nSPS) is 13.5. The fraction of sp³-hybridized carbons (Fsp3) is 0.161. The number of carbonyl (C=O) groups is 1. The van der Waals surface area contributed by atoms with Crippen molar-refractivity contribution in [2.24, 2.45) is 5.41 Å². The number of hydrogen-bond donors (Lipinski definition) is 4. The highest BCUT2D eigenvalue weighted by atomic mass is 19.1. The highest BCUT2D eigenvalue weighted by Crippen LogP contribution is 2.45. The molecule has 210 valence electrons. The molecule has 0 saturated carbocycles. The highest BCUT2D eigenvalue weighted by molar-refractivity contribution is 5.85. The van der Waals surface area contributed by atoms with E-state index in [2.05, 4.69) is 15.0 Å². The molecule has 0 aliphatic carbocycles. The van der Waals surface area contributed by atoms with E-state index in [1.807, 2.05) is 20.8 Å². The zero-order valence-electron chi connectivity index (χ0n) is 22.3. The van der Waals surface area contributed by atoms with E-state index in [-0.39, 0.29) is 33.7 Å². The SMILES string of the molecule is CC(C)(C)C(O)(c1cccc(/C=C/C(=O)O)c1)c1cnc(-c2cc(Oc3c(F)cc4[nH]ccc4c3F)ccc2F)[nH]1. The Morgan fingerprint density at radius 3 is 2.54 bits per heavy atom. The maximum atomic E-state index is 15.0. The molecule has 0 bridgehead atoms. The number of aromatic amines is 2. The van der Waals surface area contributed by atoms with E-state index in [9.17, 15) is 23.1 Å². The minimum Gasteiger partial charge on any atom is -0.478 e. The van der Waals surface area contributed by atoms with Gasteiger partial charge in [-0.15, -0.1) is 0 Å². The summed E-state index contributed by atoms with van der Waals surface area (Å²) in [5.41, 5.74) is -0.983. The number of nitrogens with one attached hydrogen (secondary N) is 2. The number of aromatic nitrogens is 3. The number of fused-ring (bicyclic) bond motifs is 1. The summed E-state index contributed by atoms with van der Waals surface area (Å²) in [6.45, 7) is 5.44. The van der Waals surface area contributed by atoms with E-state index in [1.165, 1.54) is 36.7 Å². The van der Waals surface area contributed by atoms with E-state index in [0.29, 0.717) is 11.1 Å². The number of hydrogen-bond acceptors (Lipinski definition) is 4. The average Bonchev–Trinajstić information content (AvgIpc) is 3.60. The van der Waals surface area contributed by atoms with Crippen molar-refractivity contribution >= 4 is 22.9 Å². The summed E-state index contributed by atoms with van der Waals surface area (Å²) in [6.07, 6.45) is 5.26. The van der Waals surface area contributed by atoms with Gasteiger partial charge in [0.1, 0.15) is 23.0 Å². The number of carboxylic acids is 1. The maximum absolute atomic E-state index is 15.0. The summed E-state index contributed by atoms with van der Waals surface area (Å²) in [6, 6.07) is 12.9. The average molecular weight is 562 g/mol. The van der Waals surface area contributed by atoms with Gasteiger partial charge in [0.25, 0.3) is 0 Å². The molecule has 10 heteroatoms. The molecule has 0 spiro atoms. The van der Waals surface area contributed by atoms with Gasteiger partial charge in [-0.05, 0) is 47.5 Å². The van der Waals surface area contributed by atoms with Crippen molar-refractivity contribution in [1.82, 2.24) is 15.0 Å². The predicted octanol–water partition coefficient (Wildman–Crippen LogP) is 7.15. The van der Waals surface area contributed by atoms with Gasteiger partial charge in [-0.2, -0.15) is 0 Å². The zero-order valence-corrected chi connectivity index (χ0v) is 22.3. The van der Waals surface area contributed by atoms with Crippen molar-refractivity contribution in [1.29, 1.82) is 0 Å². The molecule has 0 fully saturated rings. The largest absolute Gasteiger partial charge is 0.478 e. The summed E-state index contributed by atoms with van der Waals surface area (Å²) < 4.78 is 50.1. The third-order valence-electron chi connectivity index (χ3n) is 6.89. The van der Waals surface area contributed by atoms with Gasteiger partial charge in [-0.3, -0.25) is 0 Å². The van der Waals surface area contributed by atoms with E-state index in [1.54, 1.807) is 24.3 Å². The molecule has 2 heterocycles. The van der Waals surface area contributed by atoms with Crippen LogP contribution in [-0.2, 0) is 10.4 Å². The molecule has 4 N–H and O–H groups in total. The van der Waals surface area contributed by atoms with Crippen LogP contribution in [0.25, 0.3) is 28.4 Å². The molecule has 5 aromatic rings. The van der Waals surface area contributed by atoms with Gasteiger partial charge >= 0.3 is 5.97 Å². The molecule has 0 radical (unpaired) electrons. The molecule has 0 aliphatic heterocycles. The van der Waals surface area contributed by atoms with Crippen molar-refractivity contribution in [3.63, 3.8) is 0 Å². The maximum Gasteiger partial charge on any atom is 0.328 e. The Morgan fingerprint density at radius 2 is 1.80 bits per heavy atom. The summed E-state index contributed by atoms with van der Waals surface area (Å²) in [5.74, 6) is -4.23. The number of rotatable bonds is 7. The first-order chi connectivity index (χ1) is 19.4. The van der Waals surface area contributed by atoms with Gasteiger partial charge in [0.2, 0.25) is 0 Å². The van der Waals surface area contributed by atoms with Crippen LogP contribution in [0.3, 0.4) is 0 Å². The number of halogens is 3. The van der Waals surface area contributed by atoms with Crippen LogP contribution in [0.4, 0.5) is 13.2 Å². The summed E-state index contributed by atoms with van der Waals surface area (Å²) >= 11 is 0. The molecule has 0 amide bonds. The molecule has 41 heavy (non-hydrogen) atoms. The van der Waals surface area contributed by atoms with Crippen LogP contribution in [0.5, 0.6) is 11.5 Å². The Balaban J connectivity index is 1.53. The number of carboxylic acid groups (broad SMARTS) is 1. The van der Waals surface area contributed by atoms with Crippen molar-refractivity contribution in [2.75, 3.05) is 0 Å². The molecule has 5 rings (SSSR count). The lowest BCUT2D eigenvalue weighted by atomic mass is 9.70. The second-order valence-electron chi connectivity index (χ2n) is 10.6. The van der Waals surface area contributed by atoms with Gasteiger partial charge in [0.15, 0.2) is 17.4 Å². The van der Waals surface area contributed by atoms with E-state index in [4.69, 9.17) is 9.84 Å². The van der Waals surface area contributed by atoms with E-state index in [0.717, 1.165) is 18.2 Å². The number of H-pyrrole nitrogens is 2. The highest BCUT2D eigenvalue weighted by Gasteiger charge is 2.45. The Bertz CT molecular complexity index is 1800. The Kier molecular flexibility index (Phi) is 6.96. The number of aliphatic carboxylic acids is 1. The van der Waals surface area contributed by atoms with Crippen LogP contribution < -0.4 is 4.74 Å². The van der Waals surface area contributed by atoms with Crippen LogP contribution in [0.15, 0.2) is 73.1 Å². The smallest absolute Gasteiger partial charge is 0.328 e. The number of aliphatic hydroxyl groups is 1. The van der Waals surface area contributed by atoms with E-state index >= 15 is 0 Å². The van der Waals surface area contributed by atoms with Gasteiger partial charge in [0.05, 0.1) is 23.0 Å². The Morgan fingerprint density at radius 1 is 1.02 bits per heavy atom. The van der Waals surface area contributed by atoms with Gasteiger partial charge in [-0.1, -0.05) is 39.0 Å². The second kappa shape index (κ2) is 10.3. The molecule has 0 saturated heterocycles. The molecule has 1 unspecified atom stereocenters. The first-order valence-corrected chi connectivity index (χ1v) is 12.6. The summed E-state index contributed by atoms with van der Waals surface area (Å²) in [5, 5.41) is 21.2. The minimum atomic E-state index is -1.66. The summed E-state index contributed by atoms with van der Waals surface area (Å²) in [4.78, 5) is 21.0. The monoisotopic (exact) mass is 561 g/mol. The van der Waals surface area contributed by atoms with Crippen LogP contribution in [0.1, 0.15) is 37.6 Å². The lowest BCUT2D eigenvalue weighted by molar-refractivity contribution is -0.131. The van der Waals surface area contributed by atoms with Crippen molar-refractivity contribution in [3.8, 4) is 22.9 Å². The molecule has 1 atom stereocenters. The number of benzene rings is 3. The first-order valence-electron chi connectivity index (χ1n) is 12.6. The number of imidazole rings is 1. The Labute approximate surface area is 233 Å². The fourth-order valence-corrected chi connectivity index (χ4v) is 4.74. The number of nitrogens with zero attached hydrogens (tertiary/aromatic N) is 1.